The molecule has 0 aliphatic rings. The van der Waals surface area contributed by atoms with E-state index >= 15 is 0 Å². The molecule has 0 saturated carbocycles. The second-order valence-electron chi connectivity index (χ2n) is 29.2. The van der Waals surface area contributed by atoms with Crippen LogP contribution >= 0.6 is 0 Å². The summed E-state index contributed by atoms with van der Waals surface area (Å²) < 4.78 is 808. The van der Waals surface area contributed by atoms with Crippen LogP contribution < -0.4 is 0 Å². The molecule has 138 heavy (non-hydrogen) atoms. The molecule has 0 atom stereocenters. The first-order valence-corrected chi connectivity index (χ1v) is 40.5. The van der Waals surface area contributed by atoms with Gasteiger partial charge < -0.3 is 0 Å². The van der Waals surface area contributed by atoms with E-state index in [2.05, 4.69) is 0 Å². The topological polar surface area (TPSA) is 0 Å². The first-order chi connectivity index (χ1) is 106. The summed E-state index contributed by atoms with van der Waals surface area (Å²) in [6.07, 6.45) is 0. The summed E-state index contributed by atoms with van der Waals surface area (Å²) in [5.74, 6) is 0. The van der Waals surface area contributed by atoms with Gasteiger partial charge in [-0.25, -0.2) is 0 Å². The van der Waals surface area contributed by atoms with Gasteiger partial charge in [0.2, 0.25) is 0 Å². The molecule has 642 valence electrons. The highest BCUT2D eigenvalue weighted by atomic mass is 14.3. The lowest BCUT2D eigenvalue weighted by Crippen LogP contribution is -1.92. The number of fused-ring (bicyclic) bond motifs is 12. The van der Waals surface area contributed by atoms with Crippen molar-refractivity contribution in [2.24, 2.45) is 0 Å². The van der Waals surface area contributed by atoms with Gasteiger partial charge in [-0.3, -0.25) is 0 Å². The van der Waals surface area contributed by atoms with Gasteiger partial charge in [0, 0.05) is 0 Å². The third-order valence-corrected chi connectivity index (χ3v) is 21.4. The van der Waals surface area contributed by atoms with Crippen molar-refractivity contribution in [3.8, 4) is 134 Å². The quantitative estimate of drug-likeness (QED) is 0.107. The summed E-state index contributed by atoms with van der Waals surface area (Å²) in [5.41, 5.74) is -20.9. The standard InChI is InChI=1S/3C46H30/c1-2-12-34(13-3-1)46-42-17-9-8-16-41(42)45(35-22-18-33(19-23-35)38-24-20-31-10-4-6-14-36(31)28-38)43-27-26-40(30-44(43)46)39-25-21-32-11-5-7-15-37(32)29-39;1-2-12-34(13-3-1)45-41-16-8-9-17-42(41)46(35-22-18-33(19-23-35)38-24-20-31-10-4-6-14-36(31)28-38)44-30-40(26-27-43(44)45)39-25-21-32-11-5-7-15-37(32)29-39;1-2-13-34(14-3-1)45-41-18-8-9-19-42(41)46(35-24-21-32(22-25-35)37-26-23-31-11-4-5-15-36(31)29-37)44-30-38(27-28-43(44)45)40-20-10-16-33-12-6-7-17-39(33)40/h3*1-30H/i3*1D,2D,3D,4D,5D,6D,7D,8D,9D,10D,11D,12D,13D,14D,15D,16D,17D,18D,19D,20D,21D,22D,23D,24D,25D,26D,27D,28D,29D,30D. The highest BCUT2D eigenvalue weighted by molar-refractivity contribution is 6.26. The van der Waals surface area contributed by atoms with Crippen LogP contribution in [0.1, 0.15) is 123 Å². The van der Waals surface area contributed by atoms with Crippen LogP contribution in [0.3, 0.4) is 0 Å². The zero-order chi connectivity index (χ0) is 170. The molecular formula is C138H90. The van der Waals surface area contributed by atoms with Crippen molar-refractivity contribution < 1.29 is 123 Å². The Morgan fingerprint density at radius 1 is 0.0870 bits per heavy atom. The fourth-order valence-corrected chi connectivity index (χ4v) is 15.4. The van der Waals surface area contributed by atoms with E-state index in [0.717, 1.165) is 0 Å². The molecular weight excluding hydrogens is 1660 g/mol. The van der Waals surface area contributed by atoms with Crippen LogP contribution in [-0.4, -0.2) is 0 Å². The Morgan fingerprint density at radius 3 is 0.551 bits per heavy atom. The highest BCUT2D eigenvalue weighted by Crippen LogP contribution is 2.51. The van der Waals surface area contributed by atoms with E-state index in [-0.39, 0.29) is 0 Å². The van der Waals surface area contributed by atoms with E-state index in [1.807, 2.05) is 0 Å². The number of hydrogen-bond donors (Lipinski definition) is 0. The van der Waals surface area contributed by atoms with Crippen molar-refractivity contribution in [2.75, 3.05) is 0 Å². The summed E-state index contributed by atoms with van der Waals surface area (Å²) in [6.45, 7) is 0. The average molecular weight is 1840 g/mol. The first kappa shape index (κ1) is 31.1. The van der Waals surface area contributed by atoms with E-state index in [1.165, 1.54) is 0 Å². The lowest BCUT2D eigenvalue weighted by Gasteiger charge is -2.19. The van der Waals surface area contributed by atoms with Crippen LogP contribution in [0.5, 0.6) is 0 Å². The van der Waals surface area contributed by atoms with Crippen LogP contribution in [0.2, 0.25) is 0 Å². The lowest BCUT2D eigenvalue weighted by molar-refractivity contribution is 1.62. The number of hydrogen-bond acceptors (Lipinski definition) is 0. The Kier molecular flexibility index (Phi) is 8.00. The summed E-state index contributed by atoms with van der Waals surface area (Å²) in [4.78, 5) is 0. The molecule has 27 aromatic rings. The Labute approximate surface area is 929 Å². The Balaban J connectivity index is 0.000000161. The van der Waals surface area contributed by atoms with Gasteiger partial charge in [-0.2, -0.15) is 0 Å². The molecule has 0 heterocycles. The van der Waals surface area contributed by atoms with Gasteiger partial charge >= 0.3 is 0 Å². The molecule has 0 N–H and O–H groups in total. The van der Waals surface area contributed by atoms with Gasteiger partial charge in [-0.15, -0.1) is 0 Å². The van der Waals surface area contributed by atoms with Gasteiger partial charge in [-0.05, 0) is 311 Å². The Hall–Kier alpha value is -17.9. The maximum absolute atomic E-state index is 10.1. The second-order valence-corrected chi connectivity index (χ2v) is 29.2. The average Bonchev–Trinajstić information content (AvgIpc) is 0.681. The van der Waals surface area contributed by atoms with E-state index in [9.17, 15) is 39.8 Å². The van der Waals surface area contributed by atoms with Crippen molar-refractivity contribution in [1.82, 2.24) is 0 Å². The molecule has 0 unspecified atom stereocenters. The molecule has 27 aromatic carbocycles. The molecule has 0 heteroatoms. The summed E-state index contributed by atoms with van der Waals surface area (Å²) >= 11 is 0. The van der Waals surface area contributed by atoms with Crippen molar-refractivity contribution in [2.45, 2.75) is 0 Å². The molecule has 0 nitrogen and oxygen atoms in total. The molecule has 0 aromatic heterocycles. The molecule has 0 spiro atoms. The van der Waals surface area contributed by atoms with Crippen molar-refractivity contribution in [1.29, 1.82) is 0 Å². The van der Waals surface area contributed by atoms with Gasteiger partial charge in [0.05, 0.1) is 123 Å². The van der Waals surface area contributed by atoms with Crippen LogP contribution in [0.15, 0.2) is 544 Å². The third kappa shape index (κ3) is 15.3. The number of rotatable bonds is 12. The van der Waals surface area contributed by atoms with Crippen LogP contribution in [0.25, 0.3) is 263 Å². The molecule has 0 amide bonds. The highest BCUT2D eigenvalue weighted by Gasteiger charge is 2.24. The normalized spacial score (nSPS) is 20.6. The van der Waals surface area contributed by atoms with Gasteiger partial charge in [0.1, 0.15) is 0 Å². The molecule has 0 aliphatic carbocycles. The predicted octanol–water partition coefficient (Wildman–Crippen LogP) is 38.9. The van der Waals surface area contributed by atoms with Gasteiger partial charge in [0.15, 0.2) is 0 Å². The van der Waals surface area contributed by atoms with Crippen LogP contribution in [0.4, 0.5) is 0 Å². The molecule has 0 radical (unpaired) electrons. The van der Waals surface area contributed by atoms with E-state index in [1.54, 1.807) is 0 Å². The SMILES string of the molecule is [2H]c1c([2H])c([2H])c(-c2c3c([2H])c([2H])c([2H])c([2H])c3c(-c3c([2H])c([2H])c(-c4c([2H])c([2H])c5c([2H])c([2H])c([2H])c([2H])c5c4[2H])c([2H])c3[2H])c3c([2H])c(-c4c([2H])c([2H])c([2H])c5c([2H])c([2H])c([2H])c([2H])c45)c([2H])c([2H])c23)c([2H])c1[2H].[2H]c1c([2H])c([2H])c(-c2c3c([2H])c([2H])c([2H])c([2H])c3c(-c3c([2H])c([2H])c(-c4c([2H])c([2H])c5c([2H])c([2H])c([2H])c([2H])c5c4[2H])c([2H])c3[2H])c3c([2H])c(-c4c([2H])c([2H])c5c([2H])c([2H])c([2H])c([2H])c5c4[2H])c([2H])c([2H])c23)c([2H])c1[2H].[2H]c1c([2H])c([2H])c(-c2c3c([2H])c([2H])c([2H])c([2H])c3c(-c3c([2H])c([2H])c(-c4c([2H])c([2H])c5c([2H])c([2H])c([2H])c([2H])c5c4[2H])c([2H])c3[2H])c3c([2H])c([2H])c(-c4c([2H])c([2H])c5c([2H])c([2H])c([2H])c([2H])c5c4[2H])c([2H])c23)c([2H])c1[2H]. The molecule has 0 saturated heterocycles. The third-order valence-electron chi connectivity index (χ3n) is 21.4. The zero-order valence-corrected chi connectivity index (χ0v) is 69.0. The van der Waals surface area contributed by atoms with Gasteiger partial charge in [0.25, 0.3) is 0 Å². The summed E-state index contributed by atoms with van der Waals surface area (Å²) in [5, 5.41) is -17.6. The maximum Gasteiger partial charge on any atom is 0.0636 e. The Morgan fingerprint density at radius 2 is 0.261 bits per heavy atom. The minimum Gasteiger partial charge on any atom is -0.0622 e. The van der Waals surface area contributed by atoms with Crippen molar-refractivity contribution >= 4 is 129 Å². The second kappa shape index (κ2) is 35.5. The number of benzene rings is 27. The minimum absolute atomic E-state index is 0.565. The monoisotopic (exact) mass is 1840 g/mol. The molecule has 0 bridgehead atoms. The van der Waals surface area contributed by atoms with Crippen LogP contribution in [-0.2, 0) is 0 Å². The zero-order valence-electron chi connectivity index (χ0n) is 159. The smallest absolute Gasteiger partial charge is 0.0622 e. The Bertz CT molecular complexity index is 15200. The maximum atomic E-state index is 10.1. The van der Waals surface area contributed by atoms with Crippen molar-refractivity contribution in [3.63, 3.8) is 0 Å². The van der Waals surface area contributed by atoms with Gasteiger partial charge in [-0.1, -0.05) is 495 Å². The van der Waals surface area contributed by atoms with E-state index in [4.69, 9.17) is 83.6 Å². The van der Waals surface area contributed by atoms with Crippen LogP contribution in [0, 0.1) is 0 Å². The predicted molar refractivity (Wildman–Crippen MR) is 595 cm³/mol. The lowest BCUT2D eigenvalue weighted by atomic mass is 9.84. The van der Waals surface area contributed by atoms with E-state index < -0.39 is 807 Å². The summed E-state index contributed by atoms with van der Waals surface area (Å²) in [6, 6.07) is -89.3. The van der Waals surface area contributed by atoms with E-state index in [0.29, 0.717) is 0 Å². The van der Waals surface area contributed by atoms with Crippen molar-refractivity contribution in [3.05, 3.63) is 544 Å². The first-order valence-electron chi connectivity index (χ1n) is 85.5. The molecule has 0 fully saturated rings. The fraction of sp³-hybridized carbons (Fsp3) is 0. The molecule has 27 rings (SSSR count). The minimum atomic E-state index is -1.18. The largest absolute Gasteiger partial charge is 0.0636 e. The summed E-state index contributed by atoms with van der Waals surface area (Å²) in [7, 11) is 0. The fourth-order valence-electron chi connectivity index (χ4n) is 15.4. The molecule has 0 aliphatic heterocycles.